The zero-order chi connectivity index (χ0) is 18.8. The molecule has 3 aromatic rings. The number of thiazole rings is 1. The van der Waals surface area contributed by atoms with Gasteiger partial charge in [-0.1, -0.05) is 29.5 Å². The van der Waals surface area contributed by atoms with E-state index < -0.39 is 0 Å². The summed E-state index contributed by atoms with van der Waals surface area (Å²) >= 11 is 1.35. The molecular weight excluding hydrogens is 362 g/mol. The lowest BCUT2D eigenvalue weighted by Crippen LogP contribution is -1.95. The van der Waals surface area contributed by atoms with E-state index >= 15 is 0 Å². The fourth-order valence-electron chi connectivity index (χ4n) is 2.78. The second-order valence-electron chi connectivity index (χ2n) is 5.77. The Balaban J connectivity index is 1.62. The molecule has 0 bridgehead atoms. The number of aliphatic imine (C=N–C) groups is 1. The van der Waals surface area contributed by atoms with E-state index in [1.807, 2.05) is 42.5 Å². The number of nitrogens with zero attached hydrogens (tertiary/aromatic N) is 2. The van der Waals surface area contributed by atoms with Crippen LogP contribution in [0.1, 0.15) is 10.4 Å². The van der Waals surface area contributed by atoms with E-state index in [2.05, 4.69) is 15.3 Å². The highest BCUT2D eigenvalue weighted by atomic mass is 32.1. The lowest BCUT2D eigenvalue weighted by Gasteiger charge is -2.10. The number of aromatic hydroxyl groups is 1. The molecule has 7 heteroatoms. The molecule has 0 saturated carbocycles. The number of para-hydroxylation sites is 1. The molecule has 1 aliphatic rings. The van der Waals surface area contributed by atoms with Gasteiger partial charge in [-0.05, 0) is 24.3 Å². The minimum atomic E-state index is -0.0275. The third-order valence-electron chi connectivity index (χ3n) is 4.13. The number of benzene rings is 2. The first-order valence-corrected chi connectivity index (χ1v) is 9.03. The number of nitrogens with one attached hydrogen (secondary N) is 1. The van der Waals surface area contributed by atoms with Crippen molar-refractivity contribution in [3.05, 3.63) is 52.9 Å². The highest BCUT2D eigenvalue weighted by molar-refractivity contribution is 7.16. The molecule has 0 atom stereocenters. The Morgan fingerprint density at radius 1 is 1.11 bits per heavy atom. The van der Waals surface area contributed by atoms with Crippen molar-refractivity contribution < 1.29 is 14.6 Å². The normalized spacial score (nSPS) is 13.6. The molecule has 6 nitrogen and oxygen atoms in total. The van der Waals surface area contributed by atoms with Gasteiger partial charge in [0.05, 0.1) is 30.5 Å². The Hall–Kier alpha value is -3.32. The van der Waals surface area contributed by atoms with E-state index in [1.54, 1.807) is 26.5 Å². The fraction of sp³-hybridized carbons (Fsp3) is 0.100. The summed E-state index contributed by atoms with van der Waals surface area (Å²) in [7, 11) is 3.19. The number of allylic oxidation sites excluding steroid dienone is 1. The molecule has 27 heavy (non-hydrogen) atoms. The topological polar surface area (TPSA) is 76.0 Å². The van der Waals surface area contributed by atoms with Gasteiger partial charge in [0, 0.05) is 23.4 Å². The van der Waals surface area contributed by atoms with E-state index in [9.17, 15) is 5.11 Å². The summed E-state index contributed by atoms with van der Waals surface area (Å²) in [5.74, 6) is 1.30. The first-order valence-electron chi connectivity index (χ1n) is 8.22. The lowest BCUT2D eigenvalue weighted by atomic mass is 10.1. The highest BCUT2D eigenvalue weighted by Crippen LogP contribution is 2.38. The number of fused-ring (bicyclic) bond motifs is 1. The summed E-state index contributed by atoms with van der Waals surface area (Å²) in [5, 5.41) is 14.0. The molecule has 2 heterocycles. The molecule has 0 fully saturated rings. The predicted molar refractivity (Wildman–Crippen MR) is 109 cm³/mol. The van der Waals surface area contributed by atoms with Gasteiger partial charge < -0.3 is 19.9 Å². The van der Waals surface area contributed by atoms with Gasteiger partial charge in [-0.15, -0.1) is 0 Å². The van der Waals surface area contributed by atoms with Crippen molar-refractivity contribution in [3.8, 4) is 17.4 Å². The van der Waals surface area contributed by atoms with E-state index in [0.29, 0.717) is 21.5 Å². The number of ether oxygens (including phenoxy) is 2. The largest absolute Gasteiger partial charge is 0.497 e. The summed E-state index contributed by atoms with van der Waals surface area (Å²) in [5.41, 5.74) is 3.64. The standard InChI is InChI=1S/C20H17N3O3S/c1-25-13-7-8-16(17(10-13)26-2)22-20-23-19(24)18(27-20)9-12-11-21-15-6-4-3-5-14(12)15/h3-11,24H,1-2H3,(H,22,23)/b12-9-. The molecule has 0 amide bonds. The van der Waals surface area contributed by atoms with Gasteiger partial charge in [-0.2, -0.15) is 4.98 Å². The maximum absolute atomic E-state index is 10.2. The van der Waals surface area contributed by atoms with Crippen LogP contribution in [0.3, 0.4) is 0 Å². The van der Waals surface area contributed by atoms with E-state index in [1.165, 1.54) is 11.3 Å². The molecule has 0 aliphatic carbocycles. The van der Waals surface area contributed by atoms with Crippen LogP contribution in [0.5, 0.6) is 17.4 Å². The molecule has 2 aromatic carbocycles. The van der Waals surface area contributed by atoms with Crippen molar-refractivity contribution in [2.45, 2.75) is 0 Å². The predicted octanol–water partition coefficient (Wildman–Crippen LogP) is 4.87. The SMILES string of the molecule is COc1ccc(Nc2nc(O)c(/C=C3/C=Nc4ccccc43)s2)c(OC)c1. The third kappa shape index (κ3) is 3.37. The summed E-state index contributed by atoms with van der Waals surface area (Å²) in [4.78, 5) is 9.25. The van der Waals surface area contributed by atoms with Crippen LogP contribution in [0.15, 0.2) is 47.5 Å². The molecule has 1 aliphatic heterocycles. The van der Waals surface area contributed by atoms with Crippen LogP contribution in [0.25, 0.3) is 11.6 Å². The molecule has 0 unspecified atom stereocenters. The number of methoxy groups -OCH3 is 2. The van der Waals surface area contributed by atoms with Crippen LogP contribution in [0, 0.1) is 0 Å². The Morgan fingerprint density at radius 3 is 2.78 bits per heavy atom. The smallest absolute Gasteiger partial charge is 0.231 e. The average molecular weight is 379 g/mol. The fourth-order valence-corrected chi connectivity index (χ4v) is 3.61. The molecule has 0 saturated heterocycles. The first kappa shape index (κ1) is 17.1. The van der Waals surface area contributed by atoms with Crippen LogP contribution < -0.4 is 14.8 Å². The summed E-state index contributed by atoms with van der Waals surface area (Å²) in [6.07, 6.45) is 3.68. The van der Waals surface area contributed by atoms with E-state index in [0.717, 1.165) is 22.5 Å². The quantitative estimate of drug-likeness (QED) is 0.662. The van der Waals surface area contributed by atoms with Gasteiger partial charge in [0.25, 0.3) is 0 Å². The van der Waals surface area contributed by atoms with E-state index in [-0.39, 0.29) is 5.88 Å². The van der Waals surface area contributed by atoms with Gasteiger partial charge in [-0.25, -0.2) is 0 Å². The maximum Gasteiger partial charge on any atom is 0.231 e. The van der Waals surface area contributed by atoms with Gasteiger partial charge in [-0.3, -0.25) is 4.99 Å². The van der Waals surface area contributed by atoms with Crippen molar-refractivity contribution in [1.82, 2.24) is 4.98 Å². The Labute approximate surface area is 160 Å². The Bertz CT molecular complexity index is 1060. The van der Waals surface area contributed by atoms with Crippen molar-refractivity contribution in [2.75, 3.05) is 19.5 Å². The molecule has 2 N–H and O–H groups in total. The second kappa shape index (κ2) is 7.13. The third-order valence-corrected chi connectivity index (χ3v) is 5.04. The monoisotopic (exact) mass is 379 g/mol. The Kier molecular flexibility index (Phi) is 4.52. The summed E-state index contributed by atoms with van der Waals surface area (Å²) in [6, 6.07) is 13.3. The van der Waals surface area contributed by atoms with Crippen molar-refractivity contribution in [3.63, 3.8) is 0 Å². The maximum atomic E-state index is 10.2. The Morgan fingerprint density at radius 2 is 1.96 bits per heavy atom. The molecular formula is C20H17N3O3S. The van der Waals surface area contributed by atoms with Crippen LogP contribution in [0.4, 0.5) is 16.5 Å². The average Bonchev–Trinajstić information content (AvgIpc) is 3.26. The molecule has 0 radical (unpaired) electrons. The number of anilines is 2. The minimum absolute atomic E-state index is 0.0275. The number of aromatic nitrogens is 1. The van der Waals surface area contributed by atoms with Gasteiger partial charge >= 0.3 is 0 Å². The number of hydrogen-bond donors (Lipinski definition) is 2. The summed E-state index contributed by atoms with van der Waals surface area (Å²) < 4.78 is 10.6. The van der Waals surface area contributed by atoms with E-state index in [4.69, 9.17) is 9.47 Å². The molecule has 0 spiro atoms. The van der Waals surface area contributed by atoms with Crippen molar-refractivity contribution in [1.29, 1.82) is 0 Å². The van der Waals surface area contributed by atoms with Crippen molar-refractivity contribution in [2.24, 2.45) is 4.99 Å². The van der Waals surface area contributed by atoms with Crippen LogP contribution in [-0.2, 0) is 0 Å². The lowest BCUT2D eigenvalue weighted by molar-refractivity contribution is 0.395. The van der Waals surface area contributed by atoms with Crippen LogP contribution >= 0.6 is 11.3 Å². The zero-order valence-corrected chi connectivity index (χ0v) is 15.6. The zero-order valence-electron chi connectivity index (χ0n) is 14.8. The molecule has 4 rings (SSSR count). The molecule has 1 aromatic heterocycles. The summed E-state index contributed by atoms with van der Waals surface area (Å²) in [6.45, 7) is 0. The minimum Gasteiger partial charge on any atom is -0.497 e. The first-order chi connectivity index (χ1) is 13.2. The van der Waals surface area contributed by atoms with Crippen LogP contribution in [0.2, 0.25) is 0 Å². The van der Waals surface area contributed by atoms with Crippen molar-refractivity contribution >= 4 is 45.7 Å². The van der Waals surface area contributed by atoms with Gasteiger partial charge in [0.2, 0.25) is 5.88 Å². The molecule has 136 valence electrons. The van der Waals surface area contributed by atoms with Gasteiger partial charge in [0.15, 0.2) is 5.13 Å². The highest BCUT2D eigenvalue weighted by Gasteiger charge is 2.15. The second-order valence-corrected chi connectivity index (χ2v) is 6.80. The van der Waals surface area contributed by atoms with Gasteiger partial charge in [0.1, 0.15) is 11.5 Å². The van der Waals surface area contributed by atoms with Crippen LogP contribution in [-0.4, -0.2) is 30.5 Å². The number of hydrogen-bond acceptors (Lipinski definition) is 7. The number of rotatable bonds is 5.